The van der Waals surface area contributed by atoms with Crippen LogP contribution in [-0.2, 0) is 0 Å². The maximum Gasteiger partial charge on any atom is 0.280 e. The maximum absolute atomic E-state index is 12.3. The fraction of sp³-hybridized carbons (Fsp3) is 0.0667. The number of amides is 1. The molecule has 0 aliphatic heterocycles. The monoisotopic (exact) mass is 320 g/mol. The molecule has 4 rings (SSSR count). The summed E-state index contributed by atoms with van der Waals surface area (Å²) in [7, 11) is 0. The van der Waals surface area contributed by atoms with Gasteiger partial charge in [-0.15, -0.1) is 15.3 Å². The highest BCUT2D eigenvalue weighted by Gasteiger charge is 2.15. The van der Waals surface area contributed by atoms with E-state index >= 15 is 0 Å². The second-order valence-corrected chi connectivity index (χ2v) is 5.10. The molecule has 0 spiro atoms. The molecular weight excluding hydrogens is 308 g/mol. The Hall–Kier alpha value is -3.62. The minimum absolute atomic E-state index is 0.177. The Morgan fingerprint density at radius 1 is 1.08 bits per heavy atom. The second-order valence-electron chi connectivity index (χ2n) is 5.10. The molecule has 3 aromatic heterocycles. The number of rotatable bonds is 3. The van der Waals surface area contributed by atoms with E-state index in [1.165, 1.54) is 4.68 Å². The predicted octanol–water partition coefficient (Wildman–Crippen LogP) is 1.27. The first-order chi connectivity index (χ1) is 11.7. The maximum atomic E-state index is 12.3. The van der Waals surface area contributed by atoms with Crippen molar-refractivity contribution in [2.45, 2.75) is 6.92 Å². The Morgan fingerprint density at radius 3 is 2.75 bits per heavy atom. The molecule has 0 aliphatic carbocycles. The van der Waals surface area contributed by atoms with Gasteiger partial charge >= 0.3 is 0 Å². The van der Waals surface area contributed by atoms with Gasteiger partial charge in [0.05, 0.1) is 11.9 Å². The fourth-order valence-electron chi connectivity index (χ4n) is 2.20. The number of fused-ring (bicyclic) bond motifs is 1. The molecule has 0 radical (unpaired) electrons. The van der Waals surface area contributed by atoms with Crippen molar-refractivity contribution < 1.29 is 4.79 Å². The summed E-state index contributed by atoms with van der Waals surface area (Å²) in [5.74, 6) is 0.266. The van der Waals surface area contributed by atoms with Crippen LogP contribution in [0.15, 0.2) is 48.8 Å². The Morgan fingerprint density at radius 2 is 1.92 bits per heavy atom. The zero-order chi connectivity index (χ0) is 16.5. The van der Waals surface area contributed by atoms with Crippen molar-refractivity contribution in [2.75, 3.05) is 5.32 Å². The summed E-state index contributed by atoms with van der Waals surface area (Å²) in [6, 6.07) is 11.2. The number of nitrogens with one attached hydrogen (secondary N) is 1. The standard InChI is InChI=1S/C15H12N8O/c1-10-7-8-22-14(16-10)19-20-15(22)17-13(24)12-9-23(21-18-12)11-5-3-2-4-6-11/h2-9H,1H3,(H,17,20,24). The first-order valence-corrected chi connectivity index (χ1v) is 7.18. The number of benzene rings is 1. The smallest absolute Gasteiger partial charge is 0.280 e. The molecule has 0 atom stereocenters. The Bertz CT molecular complexity index is 1020. The molecule has 1 N–H and O–H groups in total. The minimum Gasteiger partial charge on any atom is -0.289 e. The van der Waals surface area contributed by atoms with Crippen LogP contribution in [0.25, 0.3) is 11.5 Å². The lowest BCUT2D eigenvalue weighted by atomic mass is 10.3. The number of hydrogen-bond donors (Lipinski definition) is 1. The van der Waals surface area contributed by atoms with E-state index < -0.39 is 5.91 Å². The molecule has 0 saturated carbocycles. The van der Waals surface area contributed by atoms with E-state index in [1.807, 2.05) is 37.3 Å². The third-order valence-corrected chi connectivity index (χ3v) is 3.39. The highest BCUT2D eigenvalue weighted by molar-refractivity contribution is 6.01. The van der Waals surface area contributed by atoms with E-state index in [4.69, 9.17) is 0 Å². The van der Waals surface area contributed by atoms with Crippen LogP contribution in [0.5, 0.6) is 0 Å². The molecule has 118 valence electrons. The zero-order valence-corrected chi connectivity index (χ0v) is 12.7. The molecule has 9 nitrogen and oxygen atoms in total. The van der Waals surface area contributed by atoms with Gasteiger partial charge in [-0.25, -0.2) is 9.67 Å². The van der Waals surface area contributed by atoms with Crippen molar-refractivity contribution >= 4 is 17.6 Å². The Labute approximate surface area is 136 Å². The van der Waals surface area contributed by atoms with Crippen molar-refractivity contribution in [2.24, 2.45) is 0 Å². The van der Waals surface area contributed by atoms with Gasteiger partial charge < -0.3 is 0 Å². The number of carbonyl (C=O) groups excluding carboxylic acids is 1. The molecule has 24 heavy (non-hydrogen) atoms. The highest BCUT2D eigenvalue weighted by atomic mass is 16.2. The number of aromatic nitrogens is 7. The molecule has 1 amide bonds. The van der Waals surface area contributed by atoms with Crippen LogP contribution in [0.2, 0.25) is 0 Å². The number of nitrogens with zero attached hydrogens (tertiary/aromatic N) is 7. The quantitative estimate of drug-likeness (QED) is 0.609. The van der Waals surface area contributed by atoms with Crippen LogP contribution in [0.3, 0.4) is 0 Å². The SMILES string of the molecule is Cc1ccn2c(NC(=O)c3cn(-c4ccccc4)nn3)nnc2n1. The zero-order valence-electron chi connectivity index (χ0n) is 12.7. The van der Waals surface area contributed by atoms with Gasteiger partial charge in [0.2, 0.25) is 5.95 Å². The normalized spacial score (nSPS) is 10.9. The third-order valence-electron chi connectivity index (χ3n) is 3.39. The summed E-state index contributed by atoms with van der Waals surface area (Å²) in [6.45, 7) is 1.86. The molecule has 0 fully saturated rings. The van der Waals surface area contributed by atoms with Gasteiger partial charge in [0, 0.05) is 11.9 Å². The van der Waals surface area contributed by atoms with Gasteiger partial charge in [-0.2, -0.15) is 0 Å². The number of hydrogen-bond acceptors (Lipinski definition) is 6. The van der Waals surface area contributed by atoms with Crippen LogP contribution >= 0.6 is 0 Å². The topological polar surface area (TPSA) is 103 Å². The van der Waals surface area contributed by atoms with E-state index in [2.05, 4.69) is 30.8 Å². The van der Waals surface area contributed by atoms with Crippen LogP contribution in [0.1, 0.15) is 16.2 Å². The Kier molecular flexibility index (Phi) is 3.23. The fourth-order valence-corrected chi connectivity index (χ4v) is 2.20. The Balaban J connectivity index is 1.59. The number of anilines is 1. The third kappa shape index (κ3) is 2.47. The molecule has 0 unspecified atom stereocenters. The van der Waals surface area contributed by atoms with Crippen molar-refractivity contribution in [3.63, 3.8) is 0 Å². The van der Waals surface area contributed by atoms with Gasteiger partial charge in [-0.05, 0) is 25.1 Å². The summed E-state index contributed by atoms with van der Waals surface area (Å²) in [4.78, 5) is 16.6. The van der Waals surface area contributed by atoms with Crippen LogP contribution in [-0.4, -0.2) is 40.5 Å². The second kappa shape index (κ2) is 5.54. The first-order valence-electron chi connectivity index (χ1n) is 7.18. The van der Waals surface area contributed by atoms with Gasteiger partial charge in [0.25, 0.3) is 11.7 Å². The number of carbonyl (C=O) groups is 1. The van der Waals surface area contributed by atoms with Crippen LogP contribution in [0, 0.1) is 6.92 Å². The van der Waals surface area contributed by atoms with Crippen molar-refractivity contribution in [3.8, 4) is 5.69 Å². The lowest BCUT2D eigenvalue weighted by Crippen LogP contribution is -2.14. The van der Waals surface area contributed by atoms with Gasteiger partial charge in [0.15, 0.2) is 5.69 Å². The van der Waals surface area contributed by atoms with Crippen LogP contribution < -0.4 is 5.32 Å². The molecular formula is C15H12N8O. The predicted molar refractivity (Wildman–Crippen MR) is 84.8 cm³/mol. The van der Waals surface area contributed by atoms with Gasteiger partial charge in [-0.1, -0.05) is 23.4 Å². The summed E-state index contributed by atoms with van der Waals surface area (Å²) in [5.41, 5.74) is 1.81. The van der Waals surface area contributed by atoms with Crippen molar-refractivity contribution in [3.05, 3.63) is 60.2 Å². The summed E-state index contributed by atoms with van der Waals surface area (Å²) >= 11 is 0. The van der Waals surface area contributed by atoms with E-state index in [1.54, 1.807) is 22.9 Å². The lowest BCUT2D eigenvalue weighted by Gasteiger charge is -2.00. The number of aryl methyl sites for hydroxylation is 1. The van der Waals surface area contributed by atoms with Gasteiger partial charge in [0.1, 0.15) is 0 Å². The first kappa shape index (κ1) is 14.0. The summed E-state index contributed by atoms with van der Waals surface area (Å²) in [5, 5.41) is 18.4. The lowest BCUT2D eigenvalue weighted by molar-refractivity contribution is 0.102. The summed E-state index contributed by atoms with van der Waals surface area (Å²) in [6.07, 6.45) is 3.30. The molecule has 0 bridgehead atoms. The van der Waals surface area contributed by atoms with Crippen molar-refractivity contribution in [1.82, 2.24) is 34.6 Å². The van der Waals surface area contributed by atoms with Crippen LogP contribution in [0.4, 0.5) is 5.95 Å². The molecule has 0 saturated heterocycles. The highest BCUT2D eigenvalue weighted by Crippen LogP contribution is 2.10. The molecule has 1 aromatic carbocycles. The van der Waals surface area contributed by atoms with E-state index in [0.29, 0.717) is 5.78 Å². The summed E-state index contributed by atoms with van der Waals surface area (Å²) < 4.78 is 3.12. The molecule has 3 heterocycles. The van der Waals surface area contributed by atoms with E-state index in [9.17, 15) is 4.79 Å². The average molecular weight is 320 g/mol. The van der Waals surface area contributed by atoms with E-state index in [-0.39, 0.29) is 11.6 Å². The van der Waals surface area contributed by atoms with Crippen molar-refractivity contribution in [1.29, 1.82) is 0 Å². The molecule has 0 aliphatic rings. The van der Waals surface area contributed by atoms with E-state index in [0.717, 1.165) is 11.4 Å². The average Bonchev–Trinajstić information content (AvgIpc) is 3.23. The minimum atomic E-state index is -0.424. The van der Waals surface area contributed by atoms with Gasteiger partial charge in [-0.3, -0.25) is 14.5 Å². The largest absolute Gasteiger partial charge is 0.289 e. The molecule has 4 aromatic rings. The number of para-hydroxylation sites is 1. The molecule has 9 heteroatoms.